The van der Waals surface area contributed by atoms with Gasteiger partial charge in [0.05, 0.1) is 31.1 Å². The van der Waals surface area contributed by atoms with Crippen LogP contribution < -0.4 is 5.32 Å². The number of carbonyl (C=O) groups is 1. The Bertz CT molecular complexity index is 394. The van der Waals surface area contributed by atoms with Crippen LogP contribution in [0, 0.1) is 17.2 Å². The molecule has 0 radical (unpaired) electrons. The number of hydrogen-bond donors (Lipinski definition) is 1. The van der Waals surface area contributed by atoms with Gasteiger partial charge in [0.1, 0.15) is 5.92 Å². The van der Waals surface area contributed by atoms with Crippen molar-refractivity contribution < 1.29 is 9.53 Å². The topological polar surface area (TPSA) is 79.9 Å². The molecule has 1 N–H and O–H groups in total. The van der Waals surface area contributed by atoms with Gasteiger partial charge in [0, 0.05) is 13.3 Å². The van der Waals surface area contributed by atoms with Gasteiger partial charge >= 0.3 is 0 Å². The fraction of sp³-hybridized carbons (Fsp3) is 0.500. The molecule has 0 aliphatic carbocycles. The Morgan fingerprint density at radius 1 is 1.81 bits per heavy atom. The number of carbonyl (C=O) groups excluding carboxylic acids is 1. The number of amides is 1. The zero-order valence-electron chi connectivity index (χ0n) is 9.30. The summed E-state index contributed by atoms with van der Waals surface area (Å²) in [6.45, 7) is 2.73. The Morgan fingerprint density at radius 2 is 2.56 bits per heavy atom. The molecule has 1 rings (SSSR count). The van der Waals surface area contributed by atoms with Crippen LogP contribution >= 0.6 is 0 Å². The predicted octanol–water partition coefficient (Wildman–Crippen LogP) is 0.628. The van der Waals surface area contributed by atoms with E-state index in [1.807, 2.05) is 6.07 Å². The molecule has 86 valence electrons. The van der Waals surface area contributed by atoms with E-state index in [1.54, 1.807) is 24.9 Å². The summed E-state index contributed by atoms with van der Waals surface area (Å²) in [5.74, 6) is -0.990. The Morgan fingerprint density at radius 3 is 3.19 bits per heavy atom. The number of anilines is 1. The Balaban J connectivity index is 2.52. The van der Waals surface area contributed by atoms with E-state index in [9.17, 15) is 4.79 Å². The van der Waals surface area contributed by atoms with E-state index in [1.165, 1.54) is 6.20 Å². The monoisotopic (exact) mass is 222 g/mol. The van der Waals surface area contributed by atoms with Crippen LogP contribution in [0.3, 0.4) is 0 Å². The number of ether oxygens (including phenoxy) is 1. The number of nitriles is 1. The van der Waals surface area contributed by atoms with Crippen molar-refractivity contribution in [2.75, 3.05) is 19.0 Å². The maximum absolute atomic E-state index is 11.4. The molecule has 1 aromatic rings. The summed E-state index contributed by atoms with van der Waals surface area (Å²) in [4.78, 5) is 11.4. The molecule has 1 aromatic heterocycles. The van der Waals surface area contributed by atoms with Crippen LogP contribution in [0.1, 0.15) is 6.92 Å². The van der Waals surface area contributed by atoms with Gasteiger partial charge in [-0.3, -0.25) is 9.48 Å². The molecule has 0 fully saturated rings. The second kappa shape index (κ2) is 5.88. The predicted molar refractivity (Wildman–Crippen MR) is 57.5 cm³/mol. The molecule has 0 saturated heterocycles. The first-order valence-corrected chi connectivity index (χ1v) is 4.89. The zero-order valence-corrected chi connectivity index (χ0v) is 9.30. The van der Waals surface area contributed by atoms with Gasteiger partial charge in [0.15, 0.2) is 0 Å². The van der Waals surface area contributed by atoms with Crippen LogP contribution in [0.2, 0.25) is 0 Å². The first kappa shape index (κ1) is 12.2. The minimum Gasteiger partial charge on any atom is -0.383 e. The van der Waals surface area contributed by atoms with Crippen LogP contribution in [0.5, 0.6) is 0 Å². The first-order valence-electron chi connectivity index (χ1n) is 4.89. The molecule has 0 bridgehead atoms. The normalized spacial score (nSPS) is 11.8. The molecular formula is C10H14N4O2. The molecule has 16 heavy (non-hydrogen) atoms. The molecule has 0 aliphatic heterocycles. The molecule has 1 heterocycles. The molecule has 6 heteroatoms. The standard InChI is InChI=1S/C10H14N4O2/c1-8(5-11)10(15)13-9-6-12-14(7-9)3-4-16-2/h6-8H,3-4H2,1-2H3,(H,13,15). The quantitative estimate of drug-likeness (QED) is 0.792. The largest absolute Gasteiger partial charge is 0.383 e. The third kappa shape index (κ3) is 3.37. The van der Waals surface area contributed by atoms with Crippen molar-refractivity contribution in [2.45, 2.75) is 13.5 Å². The second-order valence-electron chi connectivity index (χ2n) is 3.32. The highest BCUT2D eigenvalue weighted by molar-refractivity contribution is 5.93. The Hall–Kier alpha value is -1.87. The Kier molecular flexibility index (Phi) is 4.48. The molecular weight excluding hydrogens is 208 g/mol. The van der Waals surface area contributed by atoms with Crippen LogP contribution in [0.25, 0.3) is 0 Å². The zero-order chi connectivity index (χ0) is 12.0. The summed E-state index contributed by atoms with van der Waals surface area (Å²) in [6, 6.07) is 1.87. The van der Waals surface area contributed by atoms with Crippen molar-refractivity contribution in [1.29, 1.82) is 5.26 Å². The summed E-state index contributed by atoms with van der Waals surface area (Å²) in [5.41, 5.74) is 0.586. The highest BCUT2D eigenvalue weighted by Crippen LogP contribution is 2.06. The lowest BCUT2D eigenvalue weighted by atomic mass is 10.2. The van der Waals surface area contributed by atoms with Crippen molar-refractivity contribution in [3.8, 4) is 6.07 Å². The lowest BCUT2D eigenvalue weighted by molar-refractivity contribution is -0.117. The van der Waals surface area contributed by atoms with Gasteiger partial charge in [-0.15, -0.1) is 0 Å². The number of nitrogens with one attached hydrogen (secondary N) is 1. The summed E-state index contributed by atoms with van der Waals surface area (Å²) in [5, 5.41) is 15.2. The minimum absolute atomic E-state index is 0.325. The molecule has 6 nitrogen and oxygen atoms in total. The van der Waals surface area contributed by atoms with Gasteiger partial charge in [0.2, 0.25) is 5.91 Å². The third-order valence-corrected chi connectivity index (χ3v) is 2.01. The smallest absolute Gasteiger partial charge is 0.241 e. The van der Waals surface area contributed by atoms with Crippen LogP contribution in [-0.4, -0.2) is 29.4 Å². The van der Waals surface area contributed by atoms with Crippen molar-refractivity contribution in [3.63, 3.8) is 0 Å². The third-order valence-electron chi connectivity index (χ3n) is 2.01. The van der Waals surface area contributed by atoms with E-state index in [-0.39, 0.29) is 5.91 Å². The van der Waals surface area contributed by atoms with E-state index in [0.29, 0.717) is 18.8 Å². The van der Waals surface area contributed by atoms with Crippen molar-refractivity contribution in [2.24, 2.45) is 5.92 Å². The lowest BCUT2D eigenvalue weighted by Gasteiger charge is -2.02. The number of hydrogen-bond acceptors (Lipinski definition) is 4. The number of aromatic nitrogens is 2. The van der Waals surface area contributed by atoms with Crippen LogP contribution in [0.4, 0.5) is 5.69 Å². The second-order valence-corrected chi connectivity index (χ2v) is 3.32. The SMILES string of the molecule is COCCn1cc(NC(=O)C(C)C#N)cn1. The number of methoxy groups -OCH3 is 1. The molecule has 0 spiro atoms. The van der Waals surface area contributed by atoms with Gasteiger partial charge < -0.3 is 10.1 Å². The molecule has 0 saturated carbocycles. The van der Waals surface area contributed by atoms with E-state index in [2.05, 4.69) is 10.4 Å². The molecule has 0 aliphatic rings. The molecule has 0 aromatic carbocycles. The summed E-state index contributed by atoms with van der Waals surface area (Å²) in [6.07, 6.45) is 3.23. The number of rotatable bonds is 5. The van der Waals surface area contributed by atoms with E-state index in [4.69, 9.17) is 10.00 Å². The fourth-order valence-electron chi connectivity index (χ4n) is 1.04. The van der Waals surface area contributed by atoms with E-state index < -0.39 is 5.92 Å². The highest BCUT2D eigenvalue weighted by atomic mass is 16.5. The van der Waals surface area contributed by atoms with E-state index >= 15 is 0 Å². The summed E-state index contributed by atoms with van der Waals surface area (Å²) >= 11 is 0. The van der Waals surface area contributed by atoms with Gasteiger partial charge in [-0.25, -0.2) is 0 Å². The van der Waals surface area contributed by atoms with Crippen LogP contribution in [0.15, 0.2) is 12.4 Å². The summed E-state index contributed by atoms with van der Waals surface area (Å²) < 4.78 is 6.56. The van der Waals surface area contributed by atoms with Gasteiger partial charge in [0.25, 0.3) is 0 Å². The van der Waals surface area contributed by atoms with Crippen molar-refractivity contribution in [1.82, 2.24) is 9.78 Å². The minimum atomic E-state index is -0.665. The van der Waals surface area contributed by atoms with Crippen molar-refractivity contribution in [3.05, 3.63) is 12.4 Å². The van der Waals surface area contributed by atoms with Gasteiger partial charge in [-0.05, 0) is 6.92 Å². The molecule has 1 amide bonds. The number of nitrogens with zero attached hydrogens (tertiary/aromatic N) is 3. The average Bonchev–Trinajstić information content (AvgIpc) is 2.72. The fourth-order valence-corrected chi connectivity index (χ4v) is 1.04. The van der Waals surface area contributed by atoms with Crippen LogP contribution in [-0.2, 0) is 16.1 Å². The molecule has 1 unspecified atom stereocenters. The lowest BCUT2D eigenvalue weighted by Crippen LogP contribution is -2.18. The highest BCUT2D eigenvalue weighted by Gasteiger charge is 2.12. The Labute approximate surface area is 93.8 Å². The molecule has 1 atom stereocenters. The average molecular weight is 222 g/mol. The maximum Gasteiger partial charge on any atom is 0.241 e. The van der Waals surface area contributed by atoms with Gasteiger partial charge in [-0.1, -0.05) is 0 Å². The summed E-state index contributed by atoms with van der Waals surface area (Å²) in [7, 11) is 1.61. The van der Waals surface area contributed by atoms with Crippen molar-refractivity contribution >= 4 is 11.6 Å². The van der Waals surface area contributed by atoms with E-state index in [0.717, 1.165) is 0 Å². The van der Waals surface area contributed by atoms with Gasteiger partial charge in [-0.2, -0.15) is 10.4 Å². The maximum atomic E-state index is 11.4. The first-order chi connectivity index (χ1) is 7.67.